The van der Waals surface area contributed by atoms with Crippen LogP contribution in [0.15, 0.2) is 60.7 Å². The fourth-order valence-electron chi connectivity index (χ4n) is 3.08. The number of cyclic esters (lactones) is 1. The Bertz CT molecular complexity index is 749. The molecule has 1 heterocycles. The molecule has 0 spiro atoms. The molecular weight excluding hydrogens is 330 g/mol. The first-order valence-electron chi connectivity index (χ1n) is 8.58. The van der Waals surface area contributed by atoms with E-state index in [1.807, 2.05) is 79.7 Å². The van der Waals surface area contributed by atoms with Gasteiger partial charge in [-0.25, -0.2) is 4.79 Å². The lowest BCUT2D eigenvalue weighted by atomic mass is 10.1. The lowest BCUT2D eigenvalue weighted by Crippen LogP contribution is -2.41. The summed E-state index contributed by atoms with van der Waals surface area (Å²) in [6.45, 7) is 0.701. The second kappa shape index (κ2) is 8.01. The molecular formula is C20H23N3O3. The van der Waals surface area contributed by atoms with Gasteiger partial charge in [0.1, 0.15) is 12.1 Å². The minimum absolute atomic E-state index is 0.115. The molecule has 1 N–H and O–H groups in total. The predicted molar refractivity (Wildman–Crippen MR) is 99.9 cm³/mol. The molecule has 0 saturated carbocycles. The maximum Gasteiger partial charge on any atom is 0.414 e. The molecule has 6 nitrogen and oxygen atoms in total. The van der Waals surface area contributed by atoms with E-state index in [1.165, 1.54) is 0 Å². The molecule has 136 valence electrons. The Hall–Kier alpha value is -2.86. The summed E-state index contributed by atoms with van der Waals surface area (Å²) >= 11 is 0. The predicted octanol–water partition coefficient (Wildman–Crippen LogP) is 2.43. The summed E-state index contributed by atoms with van der Waals surface area (Å²) in [4.78, 5) is 28.2. The van der Waals surface area contributed by atoms with Gasteiger partial charge in [0.25, 0.3) is 0 Å². The van der Waals surface area contributed by atoms with Crippen molar-refractivity contribution in [3.05, 3.63) is 66.2 Å². The second-order valence-electron chi connectivity index (χ2n) is 6.47. The standard InChI is InChI=1S/C20H23N3O3/c1-22(2)18(15-9-5-3-6-10-15)19(24)21-13-17-14-23(20(25)26-17)16-11-7-4-8-12-16/h3-12,17-18H,13-14H2,1-2H3,(H,21,24). The SMILES string of the molecule is CN(C)C(C(=O)NCC1CN(c2ccccc2)C(=O)O1)c1ccccc1. The molecule has 26 heavy (non-hydrogen) atoms. The third kappa shape index (κ3) is 4.03. The van der Waals surface area contributed by atoms with Crippen LogP contribution in [0, 0.1) is 0 Å². The van der Waals surface area contributed by atoms with Crippen LogP contribution in [-0.2, 0) is 9.53 Å². The van der Waals surface area contributed by atoms with Crippen molar-refractivity contribution in [3.8, 4) is 0 Å². The molecule has 1 aliphatic rings. The van der Waals surface area contributed by atoms with Crippen LogP contribution in [0.2, 0.25) is 0 Å². The Balaban J connectivity index is 1.60. The number of nitrogens with zero attached hydrogens (tertiary/aromatic N) is 2. The van der Waals surface area contributed by atoms with Crippen molar-refractivity contribution in [2.24, 2.45) is 0 Å². The Morgan fingerprint density at radius 2 is 1.77 bits per heavy atom. The Morgan fingerprint density at radius 3 is 2.38 bits per heavy atom. The van der Waals surface area contributed by atoms with E-state index < -0.39 is 6.04 Å². The summed E-state index contributed by atoms with van der Waals surface area (Å²) in [6, 6.07) is 18.6. The summed E-state index contributed by atoms with van der Waals surface area (Å²) in [5.74, 6) is -0.115. The van der Waals surface area contributed by atoms with Crippen LogP contribution in [0.4, 0.5) is 10.5 Å². The monoisotopic (exact) mass is 353 g/mol. The molecule has 2 aromatic rings. The van der Waals surface area contributed by atoms with Crippen LogP contribution < -0.4 is 10.2 Å². The normalized spacial score (nSPS) is 17.9. The fraction of sp³-hybridized carbons (Fsp3) is 0.300. The van der Waals surface area contributed by atoms with Crippen molar-refractivity contribution in [1.29, 1.82) is 0 Å². The number of hydrogen-bond donors (Lipinski definition) is 1. The van der Waals surface area contributed by atoms with Gasteiger partial charge in [0, 0.05) is 5.69 Å². The third-order valence-corrected chi connectivity index (χ3v) is 4.33. The molecule has 2 atom stereocenters. The quantitative estimate of drug-likeness (QED) is 0.866. The smallest absolute Gasteiger partial charge is 0.414 e. The average molecular weight is 353 g/mol. The van der Waals surface area contributed by atoms with Crippen molar-refractivity contribution in [2.75, 3.05) is 32.1 Å². The second-order valence-corrected chi connectivity index (χ2v) is 6.47. The largest absolute Gasteiger partial charge is 0.442 e. The van der Waals surface area contributed by atoms with Crippen LogP contribution in [0.1, 0.15) is 11.6 Å². The van der Waals surface area contributed by atoms with Crippen molar-refractivity contribution in [3.63, 3.8) is 0 Å². The van der Waals surface area contributed by atoms with Crippen LogP contribution >= 0.6 is 0 Å². The molecule has 6 heteroatoms. The molecule has 2 amide bonds. The van der Waals surface area contributed by atoms with Crippen LogP contribution in [-0.4, -0.2) is 50.2 Å². The van der Waals surface area contributed by atoms with Gasteiger partial charge in [-0.2, -0.15) is 0 Å². The van der Waals surface area contributed by atoms with Gasteiger partial charge in [-0.05, 0) is 31.8 Å². The lowest BCUT2D eigenvalue weighted by Gasteiger charge is -2.24. The number of likely N-dealkylation sites (N-methyl/N-ethyl adjacent to an activating group) is 1. The highest BCUT2D eigenvalue weighted by Crippen LogP contribution is 2.21. The molecule has 1 saturated heterocycles. The summed E-state index contributed by atoms with van der Waals surface area (Å²) in [7, 11) is 3.73. The first kappa shape index (κ1) is 17.9. The number of carbonyl (C=O) groups is 2. The Morgan fingerprint density at radius 1 is 1.15 bits per heavy atom. The summed E-state index contributed by atoms with van der Waals surface area (Å²) in [6.07, 6.45) is -0.757. The minimum Gasteiger partial charge on any atom is -0.442 e. The molecule has 0 aromatic heterocycles. The highest BCUT2D eigenvalue weighted by atomic mass is 16.6. The molecule has 0 aliphatic carbocycles. The fourth-order valence-corrected chi connectivity index (χ4v) is 3.08. The van der Waals surface area contributed by atoms with Crippen LogP contribution in [0.3, 0.4) is 0 Å². The third-order valence-electron chi connectivity index (χ3n) is 4.33. The molecule has 1 aliphatic heterocycles. The van der Waals surface area contributed by atoms with E-state index in [0.29, 0.717) is 6.54 Å². The average Bonchev–Trinajstić information content (AvgIpc) is 3.02. The van der Waals surface area contributed by atoms with Gasteiger partial charge in [0.15, 0.2) is 0 Å². The maximum atomic E-state index is 12.7. The molecule has 2 unspecified atom stereocenters. The van der Waals surface area contributed by atoms with Crippen molar-refractivity contribution >= 4 is 17.7 Å². The van der Waals surface area contributed by atoms with Gasteiger partial charge < -0.3 is 10.1 Å². The molecule has 2 aromatic carbocycles. The van der Waals surface area contributed by atoms with E-state index in [1.54, 1.807) is 4.90 Å². The highest BCUT2D eigenvalue weighted by molar-refractivity contribution is 5.90. The summed E-state index contributed by atoms with van der Waals surface area (Å²) in [5.41, 5.74) is 1.71. The number of para-hydroxylation sites is 1. The van der Waals surface area contributed by atoms with Gasteiger partial charge in [-0.3, -0.25) is 14.6 Å². The molecule has 1 fully saturated rings. The number of benzene rings is 2. The Labute approximate surface area is 153 Å². The number of amides is 2. The van der Waals surface area contributed by atoms with Gasteiger partial charge in [0.2, 0.25) is 5.91 Å². The van der Waals surface area contributed by atoms with Crippen molar-refractivity contribution < 1.29 is 14.3 Å². The van der Waals surface area contributed by atoms with Gasteiger partial charge in [-0.1, -0.05) is 48.5 Å². The zero-order chi connectivity index (χ0) is 18.5. The zero-order valence-electron chi connectivity index (χ0n) is 15.0. The number of ether oxygens (including phenoxy) is 1. The maximum absolute atomic E-state index is 12.7. The van der Waals surface area contributed by atoms with Gasteiger partial charge in [-0.15, -0.1) is 0 Å². The minimum atomic E-state index is -0.390. The molecule has 0 radical (unpaired) electrons. The number of hydrogen-bond acceptors (Lipinski definition) is 4. The topological polar surface area (TPSA) is 61.9 Å². The van der Waals surface area contributed by atoms with E-state index >= 15 is 0 Å². The van der Waals surface area contributed by atoms with Crippen LogP contribution in [0.5, 0.6) is 0 Å². The summed E-state index contributed by atoms with van der Waals surface area (Å²) < 4.78 is 5.38. The first-order chi connectivity index (χ1) is 12.6. The van der Waals surface area contributed by atoms with Crippen LogP contribution in [0.25, 0.3) is 0 Å². The highest BCUT2D eigenvalue weighted by Gasteiger charge is 2.33. The number of anilines is 1. The Kier molecular flexibility index (Phi) is 5.53. The van der Waals surface area contributed by atoms with E-state index in [2.05, 4.69) is 5.32 Å². The van der Waals surface area contributed by atoms with Gasteiger partial charge in [0.05, 0.1) is 13.1 Å². The number of nitrogens with one attached hydrogen (secondary N) is 1. The summed E-state index contributed by atoms with van der Waals surface area (Å²) in [5, 5.41) is 2.91. The van der Waals surface area contributed by atoms with Crippen molar-refractivity contribution in [2.45, 2.75) is 12.1 Å². The van der Waals surface area contributed by atoms with Crippen molar-refractivity contribution in [1.82, 2.24) is 10.2 Å². The number of carbonyl (C=O) groups excluding carboxylic acids is 2. The van der Waals surface area contributed by atoms with E-state index in [-0.39, 0.29) is 24.6 Å². The number of rotatable bonds is 6. The van der Waals surface area contributed by atoms with E-state index in [9.17, 15) is 9.59 Å². The lowest BCUT2D eigenvalue weighted by molar-refractivity contribution is -0.126. The molecule has 0 bridgehead atoms. The van der Waals surface area contributed by atoms with E-state index in [4.69, 9.17) is 4.74 Å². The van der Waals surface area contributed by atoms with Gasteiger partial charge >= 0.3 is 6.09 Å². The first-order valence-corrected chi connectivity index (χ1v) is 8.58. The van der Waals surface area contributed by atoms with E-state index in [0.717, 1.165) is 11.3 Å². The molecule has 3 rings (SSSR count). The zero-order valence-corrected chi connectivity index (χ0v) is 15.0.